The molecule has 4 rings (SSSR count). The molecule has 1 aliphatic carbocycles. The fourth-order valence-electron chi connectivity index (χ4n) is 4.38. The van der Waals surface area contributed by atoms with Crippen LogP contribution in [0, 0.1) is 5.92 Å². The lowest BCUT2D eigenvalue weighted by Crippen LogP contribution is -2.47. The van der Waals surface area contributed by atoms with Crippen molar-refractivity contribution in [2.24, 2.45) is 5.92 Å². The van der Waals surface area contributed by atoms with Crippen molar-refractivity contribution in [2.45, 2.75) is 65.2 Å². The van der Waals surface area contributed by atoms with Gasteiger partial charge in [-0.25, -0.2) is 0 Å². The fraction of sp³-hybridized carbons (Fsp3) is 0.577. The molecule has 0 fully saturated rings. The van der Waals surface area contributed by atoms with E-state index in [0.29, 0.717) is 11.1 Å². The fourth-order valence-corrected chi connectivity index (χ4v) is 4.38. The number of hydrogen-bond donors (Lipinski definition) is 1. The molecule has 0 unspecified atom stereocenters. The first kappa shape index (κ1) is 23.8. The number of nitrogens with one attached hydrogen (secondary N) is 1. The lowest BCUT2D eigenvalue weighted by molar-refractivity contribution is -0.134. The van der Waals surface area contributed by atoms with E-state index in [-0.39, 0.29) is 20.6 Å². The highest BCUT2D eigenvalue weighted by atomic mass is 28.3. The summed E-state index contributed by atoms with van der Waals surface area (Å²) in [5.74, 6) is 0.210. The zero-order valence-corrected chi connectivity index (χ0v) is 21.7. The summed E-state index contributed by atoms with van der Waals surface area (Å²) in [6.07, 6.45) is 5.41. The van der Waals surface area contributed by atoms with Gasteiger partial charge in [0.05, 0.1) is 5.92 Å². The minimum Gasteiger partial charge on any atom is -0.361 e. The van der Waals surface area contributed by atoms with Gasteiger partial charge < -0.3 is 9.88 Å². The van der Waals surface area contributed by atoms with E-state index in [4.69, 9.17) is 0 Å². The van der Waals surface area contributed by atoms with Gasteiger partial charge in [0.1, 0.15) is 0 Å². The number of aromatic amines is 1. The molecule has 1 amide bonds. The molecule has 5 heteroatoms. The van der Waals surface area contributed by atoms with Crippen LogP contribution in [0.5, 0.6) is 0 Å². The zero-order chi connectivity index (χ0) is 22.9. The molecule has 31 heavy (non-hydrogen) atoms. The number of H-pyrrole nitrogens is 1. The van der Waals surface area contributed by atoms with Crippen LogP contribution in [-0.2, 0) is 11.2 Å². The number of likely N-dealkylation sites (N-methyl/N-ethyl adjacent to an activating group) is 1. The first-order chi connectivity index (χ1) is 14.6. The molecule has 1 N–H and O–H groups in total. The van der Waals surface area contributed by atoms with Gasteiger partial charge in [-0.15, -0.1) is 0 Å². The van der Waals surface area contributed by atoms with E-state index in [2.05, 4.69) is 95.1 Å². The summed E-state index contributed by atoms with van der Waals surface area (Å²) in [5.41, 5.74) is 5.21. The highest BCUT2D eigenvalue weighted by molar-refractivity contribution is 6.59. The number of amides is 1. The van der Waals surface area contributed by atoms with Gasteiger partial charge in [-0.1, -0.05) is 52.1 Å². The van der Waals surface area contributed by atoms with Gasteiger partial charge in [-0.05, 0) is 55.1 Å². The van der Waals surface area contributed by atoms with Gasteiger partial charge in [0.25, 0.3) is 0 Å². The second-order valence-corrected chi connectivity index (χ2v) is 13.7. The van der Waals surface area contributed by atoms with Crippen LogP contribution in [0.3, 0.4) is 0 Å². The highest BCUT2D eigenvalue weighted by Crippen LogP contribution is 2.40. The van der Waals surface area contributed by atoms with Gasteiger partial charge in [-0.3, -0.25) is 9.69 Å². The van der Waals surface area contributed by atoms with E-state index in [0.717, 1.165) is 26.1 Å². The molecule has 2 aromatic rings. The van der Waals surface area contributed by atoms with Gasteiger partial charge in [0, 0.05) is 51.6 Å². The molecule has 0 saturated heterocycles. The molecule has 0 saturated carbocycles. The maximum absolute atomic E-state index is 12.9. The van der Waals surface area contributed by atoms with Gasteiger partial charge in [-0.2, -0.15) is 0 Å². The van der Waals surface area contributed by atoms with Crippen molar-refractivity contribution in [2.75, 3.05) is 26.7 Å². The maximum Gasteiger partial charge on any atom is 0.230 e. The van der Waals surface area contributed by atoms with Crippen molar-refractivity contribution in [1.29, 1.82) is 0 Å². The normalized spacial score (nSPS) is 20.7. The molecule has 169 valence electrons. The Labute approximate surface area is 190 Å². The van der Waals surface area contributed by atoms with Crippen molar-refractivity contribution in [3.8, 4) is 0 Å². The van der Waals surface area contributed by atoms with Crippen LogP contribution in [0.4, 0.5) is 0 Å². The Morgan fingerprint density at radius 2 is 1.87 bits per heavy atom. The number of aromatic nitrogens is 1. The summed E-state index contributed by atoms with van der Waals surface area (Å²) < 4.78 is 0. The first-order valence-electron chi connectivity index (χ1n) is 11.7. The van der Waals surface area contributed by atoms with Crippen LogP contribution >= 0.6 is 0 Å². The molecule has 1 aromatic heterocycles. The zero-order valence-electron chi connectivity index (χ0n) is 20.7. The predicted molar refractivity (Wildman–Crippen MR) is 135 cm³/mol. The molecule has 0 spiro atoms. The Morgan fingerprint density at radius 3 is 2.45 bits per heavy atom. The smallest absolute Gasteiger partial charge is 0.230 e. The van der Waals surface area contributed by atoms with Crippen molar-refractivity contribution < 1.29 is 4.79 Å². The lowest BCUT2D eigenvalue weighted by atomic mass is 9.79. The average Bonchev–Trinajstić information content (AvgIpc) is 3.13. The number of carbonyl (C=O) groups is 1. The molecule has 1 aromatic carbocycles. The summed E-state index contributed by atoms with van der Waals surface area (Å²) in [7, 11) is 2.10. The number of rotatable bonds is 3. The van der Waals surface area contributed by atoms with E-state index in [1.165, 1.54) is 27.6 Å². The average molecular weight is 439 g/mol. The Hall–Kier alpha value is -1.85. The van der Waals surface area contributed by atoms with Gasteiger partial charge in [0.2, 0.25) is 5.91 Å². The minimum absolute atomic E-state index is 0.0445. The largest absolute Gasteiger partial charge is 0.361 e. The molecule has 4 nitrogen and oxygen atoms in total. The summed E-state index contributed by atoms with van der Waals surface area (Å²) in [6, 6.07) is 6.82. The molecule has 2 heterocycles. The second kappa shape index (κ2) is 9.33. The van der Waals surface area contributed by atoms with E-state index in [1.54, 1.807) is 0 Å². The van der Waals surface area contributed by atoms with Crippen LogP contribution in [0.2, 0.25) is 18.1 Å². The molecular weight excluding hydrogens is 398 g/mol. The molecular formula is C26H40N3OSi. The van der Waals surface area contributed by atoms with Crippen LogP contribution in [0.15, 0.2) is 30.5 Å². The third kappa shape index (κ3) is 4.83. The molecule has 1 aliphatic heterocycles. The second-order valence-electron chi connectivity index (χ2n) is 10.2. The monoisotopic (exact) mass is 438 g/mol. The van der Waals surface area contributed by atoms with Crippen molar-refractivity contribution in [1.82, 2.24) is 14.8 Å². The van der Waals surface area contributed by atoms with E-state index in [1.807, 2.05) is 4.90 Å². The van der Waals surface area contributed by atoms with E-state index in [9.17, 15) is 4.79 Å². The van der Waals surface area contributed by atoms with Crippen molar-refractivity contribution in [3.05, 3.63) is 41.6 Å². The predicted octanol–water partition coefficient (Wildman–Crippen LogP) is 5.45. The topological polar surface area (TPSA) is 39.3 Å². The summed E-state index contributed by atoms with van der Waals surface area (Å²) >= 11 is 0. The third-order valence-electron chi connectivity index (χ3n) is 7.16. The van der Waals surface area contributed by atoms with Gasteiger partial charge >= 0.3 is 0 Å². The minimum atomic E-state index is -0.0502. The summed E-state index contributed by atoms with van der Waals surface area (Å²) in [5, 5.41) is 1.94. The summed E-state index contributed by atoms with van der Waals surface area (Å²) in [6.45, 7) is 18.1. The van der Waals surface area contributed by atoms with Crippen molar-refractivity contribution in [3.63, 3.8) is 0 Å². The Bertz CT molecular complexity index is 949. The van der Waals surface area contributed by atoms with Crippen LogP contribution < -0.4 is 0 Å². The standard InChI is InChI=1S/C20H25N3O.C6H15Si/c1-4-23(5-2)20(24)14-9-16-15-7-6-8-17-19(15)13(11-21-17)10-18(16)22(3)12-14;1-6(2,3)7(4)5/h6-9,11,14,18,21H,4-5,10,12H2,1-3H3;1-5H3/t14-,18-;/m1./s1. The third-order valence-corrected chi connectivity index (χ3v) is 10.2. The van der Waals surface area contributed by atoms with Gasteiger partial charge in [0.15, 0.2) is 0 Å². The molecule has 1 radical (unpaired) electrons. The Kier molecular flexibility index (Phi) is 7.17. The van der Waals surface area contributed by atoms with Crippen LogP contribution in [0.1, 0.15) is 45.7 Å². The maximum atomic E-state index is 12.9. The number of fused-ring (bicyclic) bond motifs is 2. The molecule has 2 aliphatic rings. The number of carbonyl (C=O) groups excluding carboxylic acids is 1. The first-order valence-corrected chi connectivity index (χ1v) is 14.2. The Balaban J connectivity index is 0.000000339. The SMILES string of the molecule is CCN(CC)C(=O)[C@@H]1C=C2c3cccc4[nH]cc(c34)C[C@H]2N(C)C1.C[Si](C)C(C)(C)C. The van der Waals surface area contributed by atoms with Crippen molar-refractivity contribution >= 4 is 31.2 Å². The lowest BCUT2D eigenvalue weighted by Gasteiger charge is -2.40. The van der Waals surface area contributed by atoms with E-state index < -0.39 is 0 Å². The van der Waals surface area contributed by atoms with Crippen LogP contribution in [0.25, 0.3) is 16.5 Å². The Morgan fingerprint density at radius 1 is 1.23 bits per heavy atom. The molecule has 0 bridgehead atoms. The summed E-state index contributed by atoms with van der Waals surface area (Å²) in [4.78, 5) is 20.6. The van der Waals surface area contributed by atoms with Crippen LogP contribution in [-0.4, -0.2) is 62.2 Å². The number of hydrogen-bond acceptors (Lipinski definition) is 2. The quantitative estimate of drug-likeness (QED) is 0.648. The number of nitrogens with zero attached hydrogens (tertiary/aromatic N) is 2. The van der Waals surface area contributed by atoms with E-state index >= 15 is 0 Å². The molecule has 2 atom stereocenters. The number of benzene rings is 1. The highest BCUT2D eigenvalue weighted by Gasteiger charge is 2.36.